The van der Waals surface area contributed by atoms with Gasteiger partial charge in [0.15, 0.2) is 0 Å². The lowest BCUT2D eigenvalue weighted by Gasteiger charge is -2.21. The normalized spacial score (nSPS) is 12.6. The molecule has 0 spiro atoms. The lowest BCUT2D eigenvalue weighted by Crippen LogP contribution is -2.44. The molecule has 0 aliphatic carbocycles. The predicted octanol–water partition coefficient (Wildman–Crippen LogP) is 4.22. The van der Waals surface area contributed by atoms with Crippen molar-refractivity contribution in [1.82, 2.24) is 16.0 Å². The molecule has 0 heterocycles. The second kappa shape index (κ2) is 17.9. The van der Waals surface area contributed by atoms with Crippen molar-refractivity contribution in [3.05, 3.63) is 35.9 Å². The van der Waals surface area contributed by atoms with Gasteiger partial charge < -0.3 is 29.6 Å². The van der Waals surface area contributed by atoms with Gasteiger partial charge in [-0.1, -0.05) is 43.2 Å². The van der Waals surface area contributed by atoms with Crippen molar-refractivity contribution in [3.63, 3.8) is 0 Å². The molecule has 12 heteroatoms. The van der Waals surface area contributed by atoms with E-state index >= 15 is 0 Å². The largest absolute Gasteiger partial charge is 0.464 e. The third-order valence-electron chi connectivity index (χ3n) is 4.91. The van der Waals surface area contributed by atoms with Crippen LogP contribution in [0.1, 0.15) is 79.7 Å². The third-order valence-corrected chi connectivity index (χ3v) is 4.91. The van der Waals surface area contributed by atoms with Crippen LogP contribution in [0.15, 0.2) is 35.3 Å². The monoisotopic (exact) mass is 578 g/mol. The Morgan fingerprint density at radius 2 is 1.41 bits per heavy atom. The number of amides is 3. The van der Waals surface area contributed by atoms with Crippen LogP contribution in [0, 0.1) is 0 Å². The molecule has 1 aromatic carbocycles. The van der Waals surface area contributed by atoms with Gasteiger partial charge >= 0.3 is 18.2 Å². The summed E-state index contributed by atoms with van der Waals surface area (Å²) < 4.78 is 21.0. The van der Waals surface area contributed by atoms with E-state index in [-0.39, 0.29) is 19.2 Å². The molecule has 3 N–H and O–H groups in total. The van der Waals surface area contributed by atoms with E-state index in [0.29, 0.717) is 25.9 Å². The number of rotatable bonds is 13. The SMILES string of the molecule is CCOC(=O)C(OCc1ccccc1)C(=O)NCCCCCCN/C(=N/C(=O)OC(C)(C)C)NC(=O)OC(C)(C)C. The Labute approximate surface area is 242 Å². The summed E-state index contributed by atoms with van der Waals surface area (Å²) in [6, 6.07) is 9.25. The molecular formula is C29H46N4O8. The topological polar surface area (TPSA) is 154 Å². The minimum atomic E-state index is -1.35. The standard InChI is InChI=1S/C29H46N4O8/c1-8-38-24(35)22(39-20-21-16-12-11-13-17-21)23(34)30-18-14-9-10-15-19-31-25(32-26(36)40-28(2,3)4)33-27(37)41-29(5,6)7/h11-13,16-17,22H,8-10,14-15,18-20H2,1-7H3,(H,30,34)(H2,31,32,33,36,37). The summed E-state index contributed by atoms with van der Waals surface area (Å²) in [4.78, 5) is 52.9. The Morgan fingerprint density at radius 3 is 1.98 bits per heavy atom. The van der Waals surface area contributed by atoms with Crippen LogP contribution < -0.4 is 16.0 Å². The van der Waals surface area contributed by atoms with E-state index in [1.807, 2.05) is 30.3 Å². The summed E-state index contributed by atoms with van der Waals surface area (Å²) in [5.41, 5.74) is -0.623. The van der Waals surface area contributed by atoms with E-state index in [1.54, 1.807) is 48.5 Å². The number of carbonyl (C=O) groups is 4. The Kier molecular flexibility index (Phi) is 15.4. The highest BCUT2D eigenvalue weighted by Crippen LogP contribution is 2.09. The van der Waals surface area contributed by atoms with Crippen molar-refractivity contribution in [3.8, 4) is 0 Å². The van der Waals surface area contributed by atoms with E-state index < -0.39 is 41.4 Å². The molecule has 0 aliphatic heterocycles. The minimum Gasteiger partial charge on any atom is -0.464 e. The Bertz CT molecular complexity index is 1000. The van der Waals surface area contributed by atoms with Crippen molar-refractivity contribution in [2.75, 3.05) is 19.7 Å². The zero-order valence-electron chi connectivity index (χ0n) is 25.3. The van der Waals surface area contributed by atoms with Gasteiger partial charge in [-0.25, -0.2) is 14.4 Å². The van der Waals surface area contributed by atoms with Gasteiger partial charge in [-0.05, 0) is 66.9 Å². The van der Waals surface area contributed by atoms with E-state index in [4.69, 9.17) is 18.9 Å². The van der Waals surface area contributed by atoms with Gasteiger partial charge in [-0.15, -0.1) is 4.99 Å². The van der Waals surface area contributed by atoms with E-state index in [2.05, 4.69) is 20.9 Å². The fraction of sp³-hybridized carbons (Fsp3) is 0.621. The fourth-order valence-electron chi connectivity index (χ4n) is 3.23. The number of hydrogen-bond donors (Lipinski definition) is 3. The quantitative estimate of drug-likeness (QED) is 0.0780. The zero-order chi connectivity index (χ0) is 30.9. The molecule has 1 unspecified atom stereocenters. The van der Waals surface area contributed by atoms with Crippen LogP contribution in [0.5, 0.6) is 0 Å². The highest BCUT2D eigenvalue weighted by molar-refractivity contribution is 6.01. The lowest BCUT2D eigenvalue weighted by molar-refractivity contribution is -0.163. The van der Waals surface area contributed by atoms with Crippen molar-refractivity contribution in [2.24, 2.45) is 4.99 Å². The predicted molar refractivity (Wildman–Crippen MR) is 154 cm³/mol. The molecule has 0 fully saturated rings. The number of ether oxygens (including phenoxy) is 4. The molecule has 0 radical (unpaired) electrons. The Morgan fingerprint density at radius 1 is 0.829 bits per heavy atom. The highest BCUT2D eigenvalue weighted by Gasteiger charge is 2.29. The number of benzene rings is 1. The van der Waals surface area contributed by atoms with Crippen LogP contribution >= 0.6 is 0 Å². The van der Waals surface area contributed by atoms with Crippen molar-refractivity contribution in [2.45, 2.75) is 98.1 Å². The molecule has 230 valence electrons. The Balaban J connectivity index is 2.48. The van der Waals surface area contributed by atoms with Gasteiger partial charge in [0, 0.05) is 13.1 Å². The first-order valence-corrected chi connectivity index (χ1v) is 13.9. The maximum absolute atomic E-state index is 12.6. The summed E-state index contributed by atoms with van der Waals surface area (Å²) in [6.45, 7) is 13.0. The van der Waals surface area contributed by atoms with Gasteiger partial charge in [0.1, 0.15) is 11.2 Å². The first-order chi connectivity index (χ1) is 19.2. The number of nitrogens with one attached hydrogen (secondary N) is 3. The van der Waals surface area contributed by atoms with Gasteiger partial charge in [0.25, 0.3) is 5.91 Å². The lowest BCUT2D eigenvalue weighted by atomic mass is 10.2. The molecule has 1 atom stereocenters. The van der Waals surface area contributed by atoms with Crippen LogP contribution in [0.2, 0.25) is 0 Å². The third kappa shape index (κ3) is 17.6. The first-order valence-electron chi connectivity index (χ1n) is 13.9. The van der Waals surface area contributed by atoms with Crippen LogP contribution in [0.3, 0.4) is 0 Å². The molecule has 41 heavy (non-hydrogen) atoms. The zero-order valence-corrected chi connectivity index (χ0v) is 25.3. The number of hydrogen-bond acceptors (Lipinski definition) is 8. The number of aliphatic imine (C=N–C) groups is 1. The second-order valence-electron chi connectivity index (χ2n) is 11.1. The molecule has 0 aromatic heterocycles. The molecule has 0 saturated carbocycles. The average molecular weight is 579 g/mol. The maximum atomic E-state index is 12.6. The van der Waals surface area contributed by atoms with Gasteiger partial charge in [0.05, 0.1) is 13.2 Å². The van der Waals surface area contributed by atoms with E-state index in [1.165, 1.54) is 0 Å². The van der Waals surface area contributed by atoms with E-state index in [0.717, 1.165) is 18.4 Å². The number of alkyl carbamates (subject to hydrolysis) is 1. The van der Waals surface area contributed by atoms with Gasteiger partial charge in [0.2, 0.25) is 12.1 Å². The second-order valence-corrected chi connectivity index (χ2v) is 11.1. The highest BCUT2D eigenvalue weighted by atomic mass is 16.6. The Hall–Kier alpha value is -3.67. The van der Waals surface area contributed by atoms with Gasteiger partial charge in [-0.2, -0.15) is 0 Å². The summed E-state index contributed by atoms with van der Waals surface area (Å²) in [7, 11) is 0. The molecule has 0 saturated heterocycles. The summed E-state index contributed by atoms with van der Waals surface area (Å²) in [5, 5.41) is 8.11. The van der Waals surface area contributed by atoms with E-state index in [9.17, 15) is 19.2 Å². The maximum Gasteiger partial charge on any atom is 0.437 e. The van der Waals surface area contributed by atoms with Crippen molar-refractivity contribution >= 4 is 30.0 Å². The summed E-state index contributed by atoms with van der Waals surface area (Å²) in [5.74, 6) is -1.34. The number of nitrogens with zero attached hydrogens (tertiary/aromatic N) is 1. The molecular weight excluding hydrogens is 532 g/mol. The number of carbonyl (C=O) groups excluding carboxylic acids is 4. The van der Waals surface area contributed by atoms with Gasteiger partial charge in [-0.3, -0.25) is 10.1 Å². The van der Waals surface area contributed by atoms with Crippen LogP contribution in [-0.2, 0) is 35.1 Å². The average Bonchev–Trinajstić information content (AvgIpc) is 2.84. The number of esters is 1. The van der Waals surface area contributed by atoms with Crippen molar-refractivity contribution in [1.29, 1.82) is 0 Å². The summed E-state index contributed by atoms with van der Waals surface area (Å²) >= 11 is 0. The number of guanidine groups is 1. The fourth-order valence-corrected chi connectivity index (χ4v) is 3.23. The van der Waals surface area contributed by atoms with Crippen LogP contribution in [-0.4, -0.2) is 67.0 Å². The number of unbranched alkanes of at least 4 members (excludes halogenated alkanes) is 3. The minimum absolute atomic E-state index is 0.0683. The molecule has 3 amide bonds. The van der Waals surface area contributed by atoms with Crippen LogP contribution in [0.4, 0.5) is 9.59 Å². The molecule has 0 aliphatic rings. The molecule has 1 aromatic rings. The summed E-state index contributed by atoms with van der Waals surface area (Å²) in [6.07, 6.45) is 0.00494. The first kappa shape index (κ1) is 35.4. The molecule has 0 bridgehead atoms. The molecule has 12 nitrogen and oxygen atoms in total. The van der Waals surface area contributed by atoms with Crippen molar-refractivity contribution < 1.29 is 38.1 Å². The smallest absolute Gasteiger partial charge is 0.437 e. The molecule has 1 rings (SSSR count). The van der Waals surface area contributed by atoms with Crippen LogP contribution in [0.25, 0.3) is 0 Å².